The maximum Gasteiger partial charge on any atom is 0.241 e. The van der Waals surface area contributed by atoms with Gasteiger partial charge in [0.25, 0.3) is 0 Å². The van der Waals surface area contributed by atoms with E-state index in [2.05, 4.69) is 15.0 Å². The van der Waals surface area contributed by atoms with Crippen molar-refractivity contribution >= 4 is 10.0 Å². The van der Waals surface area contributed by atoms with Gasteiger partial charge < -0.3 is 9.84 Å². The minimum absolute atomic E-state index is 0.139. The van der Waals surface area contributed by atoms with Gasteiger partial charge in [0.1, 0.15) is 11.5 Å². The Labute approximate surface area is 192 Å². The summed E-state index contributed by atoms with van der Waals surface area (Å²) in [5, 5.41) is 18.1. The summed E-state index contributed by atoms with van der Waals surface area (Å²) >= 11 is 0. The Morgan fingerprint density at radius 2 is 1.94 bits per heavy atom. The molecule has 0 unspecified atom stereocenters. The lowest BCUT2D eigenvalue weighted by molar-refractivity contribution is -0.0891. The molecule has 0 aliphatic carbocycles. The number of nitrogens with zero attached hydrogens (tertiary/aromatic N) is 3. The number of benzene rings is 2. The van der Waals surface area contributed by atoms with Gasteiger partial charge in [-0.25, -0.2) is 17.5 Å². The van der Waals surface area contributed by atoms with Gasteiger partial charge in [0.2, 0.25) is 10.0 Å². The van der Waals surface area contributed by atoms with Crippen molar-refractivity contribution in [3.8, 4) is 11.3 Å². The van der Waals surface area contributed by atoms with Gasteiger partial charge in [-0.3, -0.25) is 4.68 Å². The highest BCUT2D eigenvalue weighted by Crippen LogP contribution is 2.25. The van der Waals surface area contributed by atoms with Crippen molar-refractivity contribution in [3.05, 3.63) is 66.1 Å². The molecule has 8 nitrogen and oxygen atoms in total. The van der Waals surface area contributed by atoms with E-state index in [1.807, 2.05) is 0 Å². The third-order valence-electron chi connectivity index (χ3n) is 5.84. The molecular formula is C23H27FN4O4S. The van der Waals surface area contributed by atoms with Gasteiger partial charge in [-0.1, -0.05) is 23.4 Å². The molecule has 1 aromatic heterocycles. The molecule has 2 heterocycles. The number of aliphatic hydroxyl groups excluding tert-OH is 1. The van der Waals surface area contributed by atoms with Crippen molar-refractivity contribution in [2.45, 2.75) is 55.9 Å². The van der Waals surface area contributed by atoms with Crippen molar-refractivity contribution < 1.29 is 22.7 Å². The minimum Gasteiger partial charge on any atom is -0.394 e. The van der Waals surface area contributed by atoms with E-state index in [0.717, 1.165) is 5.56 Å². The predicted octanol–water partition coefficient (Wildman–Crippen LogP) is 2.67. The molecule has 3 aromatic rings. The Bertz CT molecular complexity index is 1180. The van der Waals surface area contributed by atoms with Crippen LogP contribution in [0.3, 0.4) is 0 Å². The molecule has 1 aliphatic rings. The number of nitrogens with one attached hydrogen (secondary N) is 1. The predicted molar refractivity (Wildman–Crippen MR) is 120 cm³/mol. The van der Waals surface area contributed by atoms with E-state index in [1.165, 1.54) is 12.1 Å². The van der Waals surface area contributed by atoms with Crippen LogP contribution in [0.4, 0.5) is 4.39 Å². The average molecular weight is 475 g/mol. The number of hydrogen-bond donors (Lipinski definition) is 2. The van der Waals surface area contributed by atoms with Crippen LogP contribution < -0.4 is 4.72 Å². The first-order chi connectivity index (χ1) is 15.9. The summed E-state index contributed by atoms with van der Waals surface area (Å²) in [6.07, 6.45) is 2.86. The van der Waals surface area contributed by atoms with Gasteiger partial charge in [0.05, 0.1) is 35.9 Å². The van der Waals surface area contributed by atoms with Gasteiger partial charge in [0, 0.05) is 12.1 Å². The van der Waals surface area contributed by atoms with Gasteiger partial charge in [-0.2, -0.15) is 0 Å². The fourth-order valence-electron chi connectivity index (χ4n) is 4.04. The number of aliphatic hydroxyl groups is 1. The first kappa shape index (κ1) is 23.5. The number of rotatable bonds is 8. The molecule has 0 radical (unpaired) electrons. The Hall–Kier alpha value is -2.66. The van der Waals surface area contributed by atoms with E-state index in [-0.39, 0.29) is 23.4 Å². The zero-order chi connectivity index (χ0) is 23.4. The topological polar surface area (TPSA) is 106 Å². The molecule has 10 heteroatoms. The molecule has 0 spiro atoms. The number of hydrogen-bond acceptors (Lipinski definition) is 6. The van der Waals surface area contributed by atoms with Gasteiger partial charge in [-0.05, 0) is 62.1 Å². The van der Waals surface area contributed by atoms with Crippen molar-refractivity contribution in [1.82, 2.24) is 19.7 Å². The summed E-state index contributed by atoms with van der Waals surface area (Å²) in [5.74, 6) is -0.307. The van der Waals surface area contributed by atoms with Crippen LogP contribution in [0.25, 0.3) is 11.3 Å². The molecule has 176 valence electrons. The summed E-state index contributed by atoms with van der Waals surface area (Å²) in [4.78, 5) is 0.229. The zero-order valence-electron chi connectivity index (χ0n) is 18.3. The minimum atomic E-state index is -3.72. The van der Waals surface area contributed by atoms with Crippen molar-refractivity contribution in [2.75, 3.05) is 6.61 Å². The van der Waals surface area contributed by atoms with E-state index in [4.69, 9.17) is 4.74 Å². The van der Waals surface area contributed by atoms with Gasteiger partial charge in [-0.15, -0.1) is 5.10 Å². The van der Waals surface area contributed by atoms with Crippen LogP contribution in [0.5, 0.6) is 0 Å². The largest absolute Gasteiger partial charge is 0.394 e. The van der Waals surface area contributed by atoms with Crippen LogP contribution in [0.2, 0.25) is 0 Å². The van der Waals surface area contributed by atoms with Crippen LogP contribution in [0.1, 0.15) is 24.8 Å². The molecule has 0 bridgehead atoms. The molecule has 4 rings (SSSR count). The van der Waals surface area contributed by atoms with Crippen molar-refractivity contribution in [3.63, 3.8) is 0 Å². The summed E-state index contributed by atoms with van der Waals surface area (Å²) in [5.41, 5.74) is 2.09. The highest BCUT2D eigenvalue weighted by atomic mass is 32.2. The Morgan fingerprint density at radius 1 is 1.18 bits per heavy atom. The SMILES string of the molecule is Cc1ccccc1S(=O)(=O)N[C@H]1CC[C@H](CCn2cc(-c3ccc(F)cc3)nn2)O[C@H]1CO. The summed E-state index contributed by atoms with van der Waals surface area (Å²) in [7, 11) is -3.72. The first-order valence-electron chi connectivity index (χ1n) is 10.9. The standard InChI is InChI=1S/C23H27FN4O4S/c1-16-4-2-3-5-23(16)33(30,31)26-20-11-10-19(32-22(20)15-29)12-13-28-14-21(25-27-28)17-6-8-18(24)9-7-17/h2-9,14,19-20,22,26,29H,10-13,15H2,1H3/t19-,20+,22+/m1/s1. The summed E-state index contributed by atoms with van der Waals surface area (Å²) in [6.45, 7) is 2.02. The molecule has 1 saturated heterocycles. The van der Waals surface area contributed by atoms with E-state index in [1.54, 1.807) is 54.2 Å². The third kappa shape index (κ3) is 5.64. The molecule has 2 N–H and O–H groups in total. The normalized spacial score (nSPS) is 21.2. The van der Waals surface area contributed by atoms with Crippen LogP contribution in [0, 0.1) is 12.7 Å². The lowest BCUT2D eigenvalue weighted by Gasteiger charge is -2.36. The van der Waals surface area contributed by atoms with E-state index < -0.39 is 22.2 Å². The monoisotopic (exact) mass is 474 g/mol. The van der Waals surface area contributed by atoms with Crippen molar-refractivity contribution in [2.24, 2.45) is 0 Å². The molecule has 2 aromatic carbocycles. The molecule has 3 atom stereocenters. The average Bonchev–Trinajstić information content (AvgIpc) is 3.28. The summed E-state index contributed by atoms with van der Waals surface area (Å²) < 4.78 is 49.2. The smallest absolute Gasteiger partial charge is 0.241 e. The Morgan fingerprint density at radius 3 is 2.67 bits per heavy atom. The fraction of sp³-hybridized carbons (Fsp3) is 0.391. The number of aryl methyl sites for hydroxylation is 2. The Balaban J connectivity index is 1.34. The van der Waals surface area contributed by atoms with E-state index in [9.17, 15) is 17.9 Å². The number of ether oxygens (including phenoxy) is 1. The molecule has 0 saturated carbocycles. The van der Waals surface area contributed by atoms with Crippen LogP contribution in [0.15, 0.2) is 59.6 Å². The molecule has 0 amide bonds. The highest BCUT2D eigenvalue weighted by molar-refractivity contribution is 7.89. The molecule has 33 heavy (non-hydrogen) atoms. The summed E-state index contributed by atoms with van der Waals surface area (Å²) in [6, 6.07) is 12.3. The van der Waals surface area contributed by atoms with Gasteiger partial charge >= 0.3 is 0 Å². The highest BCUT2D eigenvalue weighted by Gasteiger charge is 2.34. The van der Waals surface area contributed by atoms with Crippen LogP contribution in [-0.2, 0) is 21.3 Å². The second-order valence-corrected chi connectivity index (χ2v) is 9.89. The lowest BCUT2D eigenvalue weighted by atomic mass is 9.98. The number of sulfonamides is 1. The Kier molecular flexibility index (Phi) is 7.18. The van der Waals surface area contributed by atoms with E-state index >= 15 is 0 Å². The lowest BCUT2D eigenvalue weighted by Crippen LogP contribution is -2.51. The van der Waals surface area contributed by atoms with Gasteiger partial charge in [0.15, 0.2) is 0 Å². The third-order valence-corrected chi connectivity index (χ3v) is 7.49. The number of aromatic nitrogens is 3. The molecule has 1 fully saturated rings. The van der Waals surface area contributed by atoms with Crippen molar-refractivity contribution in [1.29, 1.82) is 0 Å². The maximum absolute atomic E-state index is 13.1. The second-order valence-electron chi connectivity index (χ2n) is 8.21. The quantitative estimate of drug-likeness (QED) is 0.520. The maximum atomic E-state index is 13.1. The first-order valence-corrected chi connectivity index (χ1v) is 12.3. The van der Waals surface area contributed by atoms with E-state index in [0.29, 0.717) is 37.1 Å². The molecule has 1 aliphatic heterocycles. The molecular weight excluding hydrogens is 447 g/mol. The second kappa shape index (κ2) is 10.1. The van der Waals surface area contributed by atoms with Crippen LogP contribution in [-0.4, -0.2) is 53.4 Å². The fourth-order valence-corrected chi connectivity index (χ4v) is 5.58. The number of halogens is 1. The van der Waals surface area contributed by atoms with Crippen LogP contribution >= 0.6 is 0 Å². The zero-order valence-corrected chi connectivity index (χ0v) is 19.1.